The van der Waals surface area contributed by atoms with Crippen LogP contribution in [0.1, 0.15) is 62.8 Å². The molecule has 1 saturated carbocycles. The molecule has 11 heteroatoms. The van der Waals surface area contributed by atoms with Crippen LogP contribution in [0.5, 0.6) is 0 Å². The zero-order chi connectivity index (χ0) is 31.1. The van der Waals surface area contributed by atoms with Gasteiger partial charge >= 0.3 is 6.09 Å². The molecule has 0 radical (unpaired) electrons. The zero-order valence-corrected chi connectivity index (χ0v) is 26.7. The molecule has 1 aliphatic carbocycles. The minimum Gasteiger partial charge on any atom is -0.444 e. The Morgan fingerprint density at radius 3 is 2.50 bits per heavy atom. The van der Waals surface area contributed by atoms with Gasteiger partial charge in [-0.1, -0.05) is 17.7 Å². The number of ether oxygens (including phenoxy) is 3. The molecule has 0 atom stereocenters. The zero-order valence-electron chi connectivity index (χ0n) is 25.9. The summed E-state index contributed by atoms with van der Waals surface area (Å²) < 4.78 is 36.9. The van der Waals surface area contributed by atoms with Crippen molar-refractivity contribution in [3.8, 4) is 22.4 Å². The summed E-state index contributed by atoms with van der Waals surface area (Å²) in [5.41, 5.74) is 5.25. The topological polar surface area (TPSA) is 83.6 Å². The van der Waals surface area contributed by atoms with E-state index in [0.29, 0.717) is 53.7 Å². The molecule has 7 rings (SSSR count). The summed E-state index contributed by atoms with van der Waals surface area (Å²) >= 11 is 7.04. The maximum Gasteiger partial charge on any atom is 0.410 e. The van der Waals surface area contributed by atoms with E-state index in [1.165, 1.54) is 6.07 Å². The third kappa shape index (κ3) is 4.78. The first-order valence-corrected chi connectivity index (χ1v) is 15.4. The van der Waals surface area contributed by atoms with Gasteiger partial charge in [-0.25, -0.2) is 9.18 Å². The fourth-order valence-corrected chi connectivity index (χ4v) is 7.29. The van der Waals surface area contributed by atoms with Crippen molar-refractivity contribution >= 4 is 28.6 Å². The average Bonchev–Trinajstić information content (AvgIpc) is 3.64. The molecule has 4 heterocycles. The summed E-state index contributed by atoms with van der Waals surface area (Å²) in [5, 5.41) is 11.0. The molecule has 3 fully saturated rings. The number of amides is 1. The number of benzene rings is 2. The van der Waals surface area contributed by atoms with Crippen LogP contribution in [0.15, 0.2) is 30.5 Å². The third-order valence-electron chi connectivity index (χ3n) is 9.10. The summed E-state index contributed by atoms with van der Waals surface area (Å²) in [7, 11) is 1.91. The molecule has 1 amide bonds. The van der Waals surface area contributed by atoms with E-state index in [9.17, 15) is 4.79 Å². The van der Waals surface area contributed by atoms with Gasteiger partial charge in [0, 0.05) is 53.3 Å². The normalized spacial score (nSPS) is 18.7. The van der Waals surface area contributed by atoms with E-state index in [0.717, 1.165) is 40.6 Å². The number of nitrogens with zero attached hydrogens (tertiary/aromatic N) is 5. The van der Waals surface area contributed by atoms with E-state index in [4.69, 9.17) is 30.9 Å². The smallest absolute Gasteiger partial charge is 0.410 e. The molecule has 3 aliphatic rings. The Morgan fingerprint density at radius 2 is 1.82 bits per heavy atom. The van der Waals surface area contributed by atoms with Crippen LogP contribution in [-0.4, -0.2) is 62.5 Å². The number of rotatable bonds is 4. The molecule has 0 unspecified atom stereocenters. The SMILES string of the molecule is Cc1cc(F)c(C2OCCO2)c(-c2c(-c3ccc4c(cnn4C)c3)nn(C3CC4(C3)CN(C(=O)OC(C)(C)C)C4)c2C)c1Cl. The molecular weight excluding hydrogens is 585 g/mol. The molecule has 9 nitrogen and oxygen atoms in total. The van der Waals surface area contributed by atoms with Crippen molar-refractivity contribution in [2.45, 2.75) is 65.4 Å². The highest BCUT2D eigenvalue weighted by Gasteiger charge is 2.55. The predicted molar refractivity (Wildman–Crippen MR) is 165 cm³/mol. The number of carbonyl (C=O) groups is 1. The van der Waals surface area contributed by atoms with E-state index < -0.39 is 17.7 Å². The second kappa shape index (κ2) is 10.3. The quantitative estimate of drug-likeness (QED) is 0.241. The first kappa shape index (κ1) is 29.3. The number of hydrogen-bond donors (Lipinski definition) is 0. The highest BCUT2D eigenvalue weighted by Crippen LogP contribution is 2.56. The van der Waals surface area contributed by atoms with Gasteiger partial charge in [-0.15, -0.1) is 0 Å². The van der Waals surface area contributed by atoms with Gasteiger partial charge in [-0.3, -0.25) is 9.36 Å². The molecular formula is C33H37ClFN5O4. The maximum absolute atomic E-state index is 15.8. The van der Waals surface area contributed by atoms with Gasteiger partial charge in [-0.2, -0.15) is 10.2 Å². The van der Waals surface area contributed by atoms with Crippen LogP contribution in [0.2, 0.25) is 5.02 Å². The largest absolute Gasteiger partial charge is 0.444 e. The van der Waals surface area contributed by atoms with Crippen molar-refractivity contribution in [3.63, 3.8) is 0 Å². The monoisotopic (exact) mass is 621 g/mol. The second-order valence-corrected chi connectivity index (χ2v) is 13.9. The Labute approximate surface area is 260 Å². The van der Waals surface area contributed by atoms with Crippen molar-refractivity contribution in [1.82, 2.24) is 24.5 Å². The second-order valence-electron chi connectivity index (χ2n) is 13.5. The lowest BCUT2D eigenvalue weighted by molar-refractivity contribution is -0.0930. The van der Waals surface area contributed by atoms with E-state index in [-0.39, 0.29) is 17.6 Å². The molecule has 0 N–H and O–H groups in total. The Morgan fingerprint density at radius 1 is 1.11 bits per heavy atom. The number of fused-ring (bicyclic) bond motifs is 1. The summed E-state index contributed by atoms with van der Waals surface area (Å²) in [6.07, 6.45) is 2.47. The van der Waals surface area contributed by atoms with Crippen LogP contribution in [0, 0.1) is 25.1 Å². The number of carbonyl (C=O) groups excluding carboxylic acids is 1. The molecule has 232 valence electrons. The predicted octanol–water partition coefficient (Wildman–Crippen LogP) is 7.13. The lowest BCUT2D eigenvalue weighted by Crippen LogP contribution is -2.64. The van der Waals surface area contributed by atoms with Gasteiger partial charge in [-0.05, 0) is 71.2 Å². The van der Waals surface area contributed by atoms with Gasteiger partial charge in [0.1, 0.15) is 17.1 Å². The molecule has 2 aliphatic heterocycles. The standard InChI is InChI=1S/C33H37ClFN5O4/c1-18-11-23(35)26(30-42-9-10-43-30)27(28(18)34)25-19(2)40(37-29(25)20-7-8-24-21(12-20)15-36-38(24)6)22-13-33(14-22)16-39(17-33)31(41)44-32(3,4)5/h7-8,11-12,15,22,30H,9-10,13-14,16-17H2,1-6H3. The summed E-state index contributed by atoms with van der Waals surface area (Å²) in [6.45, 7) is 11.6. The average molecular weight is 622 g/mol. The number of halogens is 2. The third-order valence-corrected chi connectivity index (χ3v) is 9.59. The lowest BCUT2D eigenvalue weighted by Gasteiger charge is -2.58. The van der Waals surface area contributed by atoms with E-state index in [2.05, 4.69) is 15.8 Å². The van der Waals surface area contributed by atoms with Crippen molar-refractivity contribution in [2.24, 2.45) is 12.5 Å². The van der Waals surface area contributed by atoms with E-state index in [1.807, 2.05) is 57.8 Å². The number of hydrogen-bond acceptors (Lipinski definition) is 6. The van der Waals surface area contributed by atoms with Crippen molar-refractivity contribution < 1.29 is 23.4 Å². The van der Waals surface area contributed by atoms with Crippen LogP contribution < -0.4 is 0 Å². The first-order valence-electron chi connectivity index (χ1n) is 15.1. The Bertz CT molecular complexity index is 1790. The molecule has 44 heavy (non-hydrogen) atoms. The minimum atomic E-state index is -0.861. The summed E-state index contributed by atoms with van der Waals surface area (Å²) in [4.78, 5) is 14.4. The van der Waals surface area contributed by atoms with E-state index in [1.54, 1.807) is 11.8 Å². The van der Waals surface area contributed by atoms with Gasteiger partial charge in [0.2, 0.25) is 0 Å². The molecule has 2 aromatic heterocycles. The van der Waals surface area contributed by atoms with Crippen molar-refractivity contribution in [2.75, 3.05) is 26.3 Å². The van der Waals surface area contributed by atoms with Gasteiger partial charge in [0.15, 0.2) is 6.29 Å². The fraction of sp³-hybridized carbons (Fsp3) is 0.485. The van der Waals surface area contributed by atoms with Gasteiger partial charge in [0.05, 0.1) is 41.6 Å². The van der Waals surface area contributed by atoms with E-state index >= 15 is 4.39 Å². The summed E-state index contributed by atoms with van der Waals surface area (Å²) in [6, 6.07) is 7.68. The van der Waals surface area contributed by atoms with Crippen LogP contribution >= 0.6 is 11.6 Å². The number of aryl methyl sites for hydroxylation is 2. The summed E-state index contributed by atoms with van der Waals surface area (Å²) in [5.74, 6) is -0.422. The molecule has 0 bridgehead atoms. The molecule has 4 aromatic rings. The lowest BCUT2D eigenvalue weighted by atomic mass is 9.61. The molecule has 2 aromatic carbocycles. The van der Waals surface area contributed by atoms with Gasteiger partial charge < -0.3 is 19.1 Å². The van der Waals surface area contributed by atoms with Crippen molar-refractivity contribution in [1.29, 1.82) is 0 Å². The Hall–Kier alpha value is -3.47. The Kier molecular flexibility index (Phi) is 6.84. The highest BCUT2D eigenvalue weighted by atomic mass is 35.5. The van der Waals surface area contributed by atoms with Crippen molar-refractivity contribution in [3.05, 3.63) is 58.1 Å². The number of likely N-dealkylation sites (tertiary alicyclic amines) is 1. The highest BCUT2D eigenvalue weighted by molar-refractivity contribution is 6.34. The van der Waals surface area contributed by atoms with Crippen LogP contribution in [0.25, 0.3) is 33.3 Å². The molecule has 2 saturated heterocycles. The maximum atomic E-state index is 15.8. The fourth-order valence-electron chi connectivity index (χ4n) is 7.04. The minimum absolute atomic E-state index is 0.0542. The Balaban J connectivity index is 1.30. The molecule has 1 spiro atoms. The van der Waals surface area contributed by atoms with Crippen LogP contribution in [-0.2, 0) is 21.3 Å². The van der Waals surface area contributed by atoms with Crippen LogP contribution in [0.3, 0.4) is 0 Å². The first-order chi connectivity index (χ1) is 20.8. The van der Waals surface area contributed by atoms with Crippen LogP contribution in [0.4, 0.5) is 9.18 Å². The van der Waals surface area contributed by atoms with Gasteiger partial charge in [0.25, 0.3) is 0 Å². The number of aromatic nitrogens is 4.